The second-order valence-electron chi connectivity index (χ2n) is 26.3. The molecule has 5 N–H and O–H groups in total. The summed E-state index contributed by atoms with van der Waals surface area (Å²) in [4.78, 5) is 37.3. The van der Waals surface area contributed by atoms with E-state index in [1.807, 2.05) is 24.5 Å². The van der Waals surface area contributed by atoms with Crippen molar-refractivity contribution >= 4 is 66.1 Å². The van der Waals surface area contributed by atoms with Gasteiger partial charge < -0.3 is 29.5 Å². The van der Waals surface area contributed by atoms with Crippen LogP contribution < -0.4 is 0 Å². The number of H-pyrrole nitrogens is 5. The molecule has 0 saturated heterocycles. The SMILES string of the molecule is CC(C)(C)c1cc2ccccc2[nH]1.CC(C)(C)c1ccc2nc[nH]c2c1.CC(C)(C)c1ccc2nc[nH]c2c1.CC(C)(C)c1cccc2[nH]cnc12.CC(C)(C)c1cccc2[nH]cnc12.CC(C)(C)n1cnc2ccccc21. The highest BCUT2D eigenvalue weighted by molar-refractivity contribution is 5.82. The van der Waals surface area contributed by atoms with Crippen LogP contribution in [0.2, 0.25) is 0 Å². The molecule has 6 aromatic carbocycles. The molecular formula is C67H85N11. The molecule has 6 aromatic heterocycles. The zero-order chi connectivity index (χ0) is 56.8. The van der Waals surface area contributed by atoms with Crippen LogP contribution in [-0.2, 0) is 32.6 Å². The molecule has 0 aliphatic rings. The van der Waals surface area contributed by atoms with E-state index < -0.39 is 0 Å². The van der Waals surface area contributed by atoms with Crippen LogP contribution in [0, 0.1) is 0 Å². The van der Waals surface area contributed by atoms with E-state index >= 15 is 0 Å². The molecule has 0 aliphatic heterocycles. The summed E-state index contributed by atoms with van der Waals surface area (Å²) in [6.45, 7) is 39.7. The van der Waals surface area contributed by atoms with Crippen molar-refractivity contribution < 1.29 is 0 Å². The van der Waals surface area contributed by atoms with Gasteiger partial charge in [0, 0.05) is 22.2 Å². The molecule has 0 amide bonds. The van der Waals surface area contributed by atoms with Gasteiger partial charge in [0.05, 0.1) is 86.8 Å². The number of imidazole rings is 5. The fraction of sp³-hybridized carbons (Fsp3) is 0.358. The maximum atomic E-state index is 4.35. The lowest BCUT2D eigenvalue weighted by molar-refractivity contribution is 0.408. The highest BCUT2D eigenvalue weighted by Gasteiger charge is 2.20. The summed E-state index contributed by atoms with van der Waals surface area (Å²) in [5.74, 6) is 0. The van der Waals surface area contributed by atoms with Crippen molar-refractivity contribution in [1.29, 1.82) is 0 Å². The summed E-state index contributed by atoms with van der Waals surface area (Å²) in [7, 11) is 0. The molecule has 0 saturated carbocycles. The normalized spacial score (nSPS) is 12.2. The smallest absolute Gasteiger partial charge is 0.0963 e. The molecule has 6 heterocycles. The Morgan fingerprint density at radius 2 is 0.782 bits per heavy atom. The van der Waals surface area contributed by atoms with Crippen LogP contribution in [0.4, 0.5) is 0 Å². The third-order valence-corrected chi connectivity index (χ3v) is 13.6. The van der Waals surface area contributed by atoms with Crippen LogP contribution in [0.1, 0.15) is 153 Å². The molecule has 0 radical (unpaired) electrons. The molecule has 0 unspecified atom stereocenters. The first-order chi connectivity index (χ1) is 36.5. The van der Waals surface area contributed by atoms with E-state index in [0.29, 0.717) is 0 Å². The predicted molar refractivity (Wildman–Crippen MR) is 331 cm³/mol. The maximum Gasteiger partial charge on any atom is 0.0963 e. The number of para-hydroxylation sites is 5. The minimum atomic E-state index is 0.107. The summed E-state index contributed by atoms with van der Waals surface area (Å²) in [5.41, 5.74) is 19.8. The minimum absolute atomic E-state index is 0.107. The monoisotopic (exact) mass is 1040 g/mol. The summed E-state index contributed by atoms with van der Waals surface area (Å²) < 4.78 is 2.20. The molecule has 78 heavy (non-hydrogen) atoms. The number of aromatic amines is 5. The Balaban J connectivity index is 0.000000136. The van der Waals surface area contributed by atoms with Crippen molar-refractivity contribution in [2.45, 2.75) is 157 Å². The number of nitrogens with zero attached hydrogens (tertiary/aromatic N) is 6. The number of nitrogens with one attached hydrogen (secondary N) is 5. The van der Waals surface area contributed by atoms with E-state index in [2.05, 4.69) is 288 Å². The number of benzene rings is 6. The van der Waals surface area contributed by atoms with Crippen molar-refractivity contribution in [3.63, 3.8) is 0 Å². The summed E-state index contributed by atoms with van der Waals surface area (Å²) >= 11 is 0. The lowest BCUT2D eigenvalue weighted by Gasteiger charge is -2.21. The van der Waals surface area contributed by atoms with E-state index in [0.717, 1.165) is 49.7 Å². The first kappa shape index (κ1) is 57.9. The van der Waals surface area contributed by atoms with Crippen molar-refractivity contribution in [1.82, 2.24) is 54.4 Å². The second-order valence-corrected chi connectivity index (χ2v) is 26.3. The quantitative estimate of drug-likeness (QED) is 0.103. The number of rotatable bonds is 0. The molecule has 11 heteroatoms. The highest BCUT2D eigenvalue weighted by Crippen LogP contribution is 2.31. The Bertz CT molecular complexity index is 3590. The van der Waals surface area contributed by atoms with Crippen LogP contribution >= 0.6 is 0 Å². The van der Waals surface area contributed by atoms with Gasteiger partial charge in [-0.25, -0.2) is 24.9 Å². The molecule has 12 aromatic rings. The molecule has 11 nitrogen and oxygen atoms in total. The van der Waals surface area contributed by atoms with Gasteiger partial charge in [-0.2, -0.15) is 0 Å². The summed E-state index contributed by atoms with van der Waals surface area (Å²) in [6, 6.07) is 44.1. The van der Waals surface area contributed by atoms with E-state index in [4.69, 9.17) is 0 Å². The Morgan fingerprint density at radius 1 is 0.346 bits per heavy atom. The van der Waals surface area contributed by atoms with Crippen molar-refractivity contribution in [2.75, 3.05) is 0 Å². The Kier molecular flexibility index (Phi) is 17.1. The number of hydrogen-bond acceptors (Lipinski definition) is 5. The standard InChI is InChI=1S/C12H15N.5C11H14N2/c1-12(2,3)11-8-9-6-4-5-7-10(9)13-11;2*1-11(2,3)8-4-5-9-10(6-8)13-7-12-9;2*1-11(2,3)8-5-4-6-9-10(8)13-7-12-9;1-11(2,3)13-8-12-9-6-4-5-7-10(9)13/h4-8,13H,1-3H3;4*4-7H,1-3H3,(H,12,13);4-8H,1-3H3. The van der Waals surface area contributed by atoms with Crippen molar-refractivity contribution in [2.24, 2.45) is 0 Å². The van der Waals surface area contributed by atoms with Crippen LogP contribution in [0.3, 0.4) is 0 Å². The fourth-order valence-corrected chi connectivity index (χ4v) is 8.92. The molecule has 0 atom stereocenters. The number of fused-ring (bicyclic) bond motifs is 6. The van der Waals surface area contributed by atoms with Crippen LogP contribution in [0.15, 0.2) is 159 Å². The van der Waals surface area contributed by atoms with Gasteiger partial charge in [-0.1, -0.05) is 171 Å². The van der Waals surface area contributed by atoms with Gasteiger partial charge in [0.1, 0.15) is 0 Å². The van der Waals surface area contributed by atoms with Crippen LogP contribution in [-0.4, -0.2) is 54.4 Å². The molecular weight excluding hydrogens is 959 g/mol. The van der Waals surface area contributed by atoms with Crippen LogP contribution in [0.25, 0.3) is 66.1 Å². The largest absolute Gasteiger partial charge is 0.358 e. The van der Waals surface area contributed by atoms with E-state index in [-0.39, 0.29) is 32.6 Å². The second kappa shape index (κ2) is 23.0. The minimum Gasteiger partial charge on any atom is -0.358 e. The lowest BCUT2D eigenvalue weighted by Crippen LogP contribution is -2.20. The molecule has 0 spiro atoms. The van der Waals surface area contributed by atoms with Gasteiger partial charge in [-0.15, -0.1) is 0 Å². The molecule has 12 rings (SSSR count). The lowest BCUT2D eigenvalue weighted by atomic mass is 9.86. The topological polar surface area (TPSA) is 148 Å². The van der Waals surface area contributed by atoms with E-state index in [1.165, 1.54) is 44.4 Å². The average molecular weight is 1040 g/mol. The Labute approximate surface area is 462 Å². The zero-order valence-corrected chi connectivity index (χ0v) is 49.7. The van der Waals surface area contributed by atoms with Gasteiger partial charge in [0.25, 0.3) is 0 Å². The van der Waals surface area contributed by atoms with Gasteiger partial charge in [-0.3, -0.25) is 0 Å². The van der Waals surface area contributed by atoms with E-state index in [1.54, 1.807) is 25.3 Å². The average Bonchev–Trinajstić information content (AvgIpc) is 4.23. The van der Waals surface area contributed by atoms with Gasteiger partial charge in [0.15, 0.2) is 0 Å². The van der Waals surface area contributed by atoms with E-state index in [9.17, 15) is 0 Å². The van der Waals surface area contributed by atoms with Crippen molar-refractivity contribution in [3.05, 3.63) is 187 Å². The molecule has 408 valence electrons. The molecule has 0 aliphatic carbocycles. The van der Waals surface area contributed by atoms with Gasteiger partial charge >= 0.3 is 0 Å². The highest BCUT2D eigenvalue weighted by atomic mass is 15.1. The van der Waals surface area contributed by atoms with Crippen molar-refractivity contribution in [3.8, 4) is 0 Å². The number of aromatic nitrogens is 11. The third kappa shape index (κ3) is 14.6. The van der Waals surface area contributed by atoms with Gasteiger partial charge in [0.2, 0.25) is 0 Å². The number of hydrogen-bond donors (Lipinski definition) is 5. The maximum absolute atomic E-state index is 4.35. The molecule has 0 fully saturated rings. The zero-order valence-electron chi connectivity index (χ0n) is 49.7. The fourth-order valence-electron chi connectivity index (χ4n) is 8.92. The summed E-state index contributed by atoms with van der Waals surface area (Å²) in [5, 5.41) is 1.30. The van der Waals surface area contributed by atoms with Crippen LogP contribution in [0.5, 0.6) is 0 Å². The third-order valence-electron chi connectivity index (χ3n) is 13.6. The first-order valence-corrected chi connectivity index (χ1v) is 27.2. The molecule has 0 bridgehead atoms. The summed E-state index contributed by atoms with van der Waals surface area (Å²) in [6.07, 6.45) is 8.87. The Morgan fingerprint density at radius 3 is 1.23 bits per heavy atom. The first-order valence-electron chi connectivity index (χ1n) is 27.2. The predicted octanol–water partition coefficient (Wildman–Crippen LogP) is 17.7. The van der Waals surface area contributed by atoms with Gasteiger partial charge in [-0.05, 0) is 131 Å². The Hall–Kier alpha value is -7.79.